The molecule has 0 spiro atoms. The van der Waals surface area contributed by atoms with E-state index in [1.54, 1.807) is 6.92 Å². The first-order valence-electron chi connectivity index (χ1n) is 7.95. The highest BCUT2D eigenvalue weighted by Crippen LogP contribution is 2.15. The van der Waals surface area contributed by atoms with Crippen LogP contribution in [0.4, 0.5) is 5.69 Å². The van der Waals surface area contributed by atoms with Gasteiger partial charge in [0.15, 0.2) is 11.9 Å². The molecule has 1 N–H and O–H groups in total. The number of aromatic nitrogens is 2. The molecule has 0 bridgehead atoms. The first kappa shape index (κ1) is 19.0. The third-order valence-electron chi connectivity index (χ3n) is 3.33. The molecule has 1 atom stereocenters. The number of nitrogens with one attached hydrogen (secondary N) is 1. The zero-order chi connectivity index (χ0) is 19.1. The Morgan fingerprint density at radius 2 is 2.19 bits per heavy atom. The maximum atomic E-state index is 12.0. The van der Waals surface area contributed by atoms with Gasteiger partial charge in [0.2, 0.25) is 0 Å². The first-order chi connectivity index (χ1) is 12.4. The van der Waals surface area contributed by atoms with Gasteiger partial charge in [-0.2, -0.15) is 4.98 Å². The van der Waals surface area contributed by atoms with E-state index in [0.717, 1.165) is 12.5 Å². The average molecular weight is 362 g/mol. The summed E-state index contributed by atoms with van der Waals surface area (Å²) in [6, 6.07) is 5.18. The highest BCUT2D eigenvalue weighted by molar-refractivity contribution is 5.96. The van der Waals surface area contributed by atoms with E-state index in [0.29, 0.717) is 12.2 Å². The van der Waals surface area contributed by atoms with Crippen LogP contribution in [-0.2, 0) is 16.0 Å². The zero-order valence-electron chi connectivity index (χ0n) is 14.3. The molecule has 1 unspecified atom stereocenters. The number of rotatable bonds is 8. The highest BCUT2D eigenvalue weighted by atomic mass is 16.6. The lowest BCUT2D eigenvalue weighted by Crippen LogP contribution is -2.31. The summed E-state index contributed by atoms with van der Waals surface area (Å²) in [6.07, 6.45) is 0.760. The molecule has 1 aromatic carbocycles. The largest absolute Gasteiger partial charge is 0.451 e. The predicted molar refractivity (Wildman–Crippen MR) is 88.2 cm³/mol. The number of benzene rings is 1. The van der Waals surface area contributed by atoms with Crippen molar-refractivity contribution in [1.29, 1.82) is 0 Å². The Morgan fingerprint density at radius 1 is 1.42 bits per heavy atom. The predicted octanol–water partition coefficient (Wildman–Crippen LogP) is 1.96. The third-order valence-corrected chi connectivity index (χ3v) is 3.33. The number of esters is 1. The monoisotopic (exact) mass is 362 g/mol. The van der Waals surface area contributed by atoms with Crippen molar-refractivity contribution in [1.82, 2.24) is 15.5 Å². The lowest BCUT2D eigenvalue weighted by atomic mass is 10.2. The van der Waals surface area contributed by atoms with Crippen LogP contribution >= 0.6 is 0 Å². The van der Waals surface area contributed by atoms with Crippen LogP contribution in [0.5, 0.6) is 0 Å². The van der Waals surface area contributed by atoms with Gasteiger partial charge in [-0.1, -0.05) is 18.1 Å². The van der Waals surface area contributed by atoms with E-state index < -0.39 is 29.4 Å². The molecule has 2 rings (SSSR count). The van der Waals surface area contributed by atoms with Gasteiger partial charge in [-0.3, -0.25) is 19.7 Å². The van der Waals surface area contributed by atoms with E-state index in [1.807, 2.05) is 6.92 Å². The summed E-state index contributed by atoms with van der Waals surface area (Å²) in [7, 11) is 0. The van der Waals surface area contributed by atoms with Crippen molar-refractivity contribution in [3.63, 3.8) is 0 Å². The number of ether oxygens (including phenoxy) is 1. The standard InChI is InChI=1S/C16H18N4O6/c1-3-5-13-18-16(26-19-13)10(2)25-14(21)9-17-15(22)11-6-4-7-12(8-11)20(23)24/h4,6-8,10H,3,5,9H2,1-2H3,(H,17,22). The topological polar surface area (TPSA) is 137 Å². The van der Waals surface area contributed by atoms with Crippen LogP contribution in [0.25, 0.3) is 0 Å². The summed E-state index contributed by atoms with van der Waals surface area (Å²) in [5, 5.41) is 16.8. The van der Waals surface area contributed by atoms with Crippen LogP contribution in [0, 0.1) is 10.1 Å². The number of hydrogen-bond donors (Lipinski definition) is 1. The molecular weight excluding hydrogens is 344 g/mol. The van der Waals surface area contributed by atoms with Crippen LogP contribution < -0.4 is 5.32 Å². The number of non-ortho nitro benzene ring substituents is 1. The molecule has 2 aromatic rings. The molecule has 10 nitrogen and oxygen atoms in total. The van der Waals surface area contributed by atoms with E-state index in [1.165, 1.54) is 18.2 Å². The van der Waals surface area contributed by atoms with Crippen molar-refractivity contribution < 1.29 is 23.8 Å². The van der Waals surface area contributed by atoms with Gasteiger partial charge in [0.25, 0.3) is 17.5 Å². The van der Waals surface area contributed by atoms with Crippen molar-refractivity contribution in [2.45, 2.75) is 32.8 Å². The number of nitro benzene ring substituents is 1. The number of nitro groups is 1. The van der Waals surface area contributed by atoms with E-state index in [9.17, 15) is 19.7 Å². The molecule has 1 amide bonds. The maximum Gasteiger partial charge on any atom is 0.326 e. The minimum Gasteiger partial charge on any atom is -0.451 e. The summed E-state index contributed by atoms with van der Waals surface area (Å²) in [5.74, 6) is -0.621. The summed E-state index contributed by atoms with van der Waals surface area (Å²) in [6.45, 7) is 3.15. The lowest BCUT2D eigenvalue weighted by Gasteiger charge is -2.10. The number of hydrogen-bond acceptors (Lipinski definition) is 8. The van der Waals surface area contributed by atoms with Gasteiger partial charge in [-0.15, -0.1) is 0 Å². The van der Waals surface area contributed by atoms with Crippen LogP contribution in [0.1, 0.15) is 48.4 Å². The second kappa shape index (κ2) is 8.70. The Morgan fingerprint density at radius 3 is 2.88 bits per heavy atom. The maximum absolute atomic E-state index is 12.0. The minimum absolute atomic E-state index is 0.0705. The number of carbonyl (C=O) groups excluding carboxylic acids is 2. The molecule has 10 heteroatoms. The minimum atomic E-state index is -0.754. The number of amides is 1. The number of nitrogens with zero attached hydrogens (tertiary/aromatic N) is 3. The Bertz CT molecular complexity index is 804. The number of carbonyl (C=O) groups is 2. The summed E-state index contributed by atoms with van der Waals surface area (Å²) in [5.41, 5.74) is -0.144. The van der Waals surface area contributed by atoms with Crippen LogP contribution in [0.15, 0.2) is 28.8 Å². The van der Waals surface area contributed by atoms with Crippen LogP contribution in [-0.4, -0.2) is 33.5 Å². The van der Waals surface area contributed by atoms with Gasteiger partial charge in [-0.25, -0.2) is 0 Å². The van der Waals surface area contributed by atoms with E-state index in [2.05, 4.69) is 15.5 Å². The molecule has 0 radical (unpaired) electrons. The van der Waals surface area contributed by atoms with Gasteiger partial charge >= 0.3 is 5.97 Å². The Kier molecular flexibility index (Phi) is 6.36. The second-order valence-corrected chi connectivity index (χ2v) is 5.42. The van der Waals surface area contributed by atoms with Gasteiger partial charge in [0.05, 0.1) is 4.92 Å². The summed E-state index contributed by atoms with van der Waals surface area (Å²) >= 11 is 0. The Labute approximate surface area is 148 Å². The van der Waals surface area contributed by atoms with Gasteiger partial charge in [0.1, 0.15) is 6.54 Å². The molecule has 0 fully saturated rings. The Hall–Kier alpha value is -3.30. The molecule has 0 aliphatic heterocycles. The number of aryl methyl sites for hydroxylation is 1. The zero-order valence-corrected chi connectivity index (χ0v) is 14.3. The fourth-order valence-electron chi connectivity index (χ4n) is 2.06. The van der Waals surface area contributed by atoms with Crippen LogP contribution in [0.2, 0.25) is 0 Å². The molecule has 26 heavy (non-hydrogen) atoms. The van der Waals surface area contributed by atoms with Gasteiger partial charge < -0.3 is 14.6 Å². The summed E-state index contributed by atoms with van der Waals surface area (Å²) in [4.78, 5) is 38.0. The molecule has 0 saturated heterocycles. The molecule has 138 valence electrons. The van der Waals surface area contributed by atoms with Crippen molar-refractivity contribution in [3.05, 3.63) is 51.7 Å². The Balaban J connectivity index is 1.86. The molecule has 1 heterocycles. The van der Waals surface area contributed by atoms with Gasteiger partial charge in [-0.05, 0) is 19.4 Å². The molecule has 1 aromatic heterocycles. The molecule has 0 aliphatic carbocycles. The van der Waals surface area contributed by atoms with E-state index in [-0.39, 0.29) is 17.1 Å². The fraction of sp³-hybridized carbons (Fsp3) is 0.375. The third kappa shape index (κ3) is 5.10. The second-order valence-electron chi connectivity index (χ2n) is 5.42. The van der Waals surface area contributed by atoms with Gasteiger partial charge in [0, 0.05) is 24.1 Å². The van der Waals surface area contributed by atoms with Crippen molar-refractivity contribution in [2.24, 2.45) is 0 Å². The normalized spacial score (nSPS) is 11.6. The van der Waals surface area contributed by atoms with Crippen molar-refractivity contribution in [3.8, 4) is 0 Å². The SMILES string of the molecule is CCCc1noc(C(C)OC(=O)CNC(=O)c2cccc([N+](=O)[O-])c2)n1. The first-order valence-corrected chi connectivity index (χ1v) is 7.95. The van der Waals surface area contributed by atoms with E-state index in [4.69, 9.17) is 9.26 Å². The molecular formula is C16H18N4O6. The van der Waals surface area contributed by atoms with Crippen molar-refractivity contribution >= 4 is 17.6 Å². The fourth-order valence-corrected chi connectivity index (χ4v) is 2.06. The van der Waals surface area contributed by atoms with E-state index >= 15 is 0 Å². The lowest BCUT2D eigenvalue weighted by molar-refractivity contribution is -0.384. The molecule has 0 aliphatic rings. The smallest absolute Gasteiger partial charge is 0.326 e. The quantitative estimate of drug-likeness (QED) is 0.427. The highest BCUT2D eigenvalue weighted by Gasteiger charge is 2.19. The molecule has 0 saturated carbocycles. The summed E-state index contributed by atoms with van der Waals surface area (Å²) < 4.78 is 10.1. The van der Waals surface area contributed by atoms with Crippen molar-refractivity contribution in [2.75, 3.05) is 6.54 Å². The average Bonchev–Trinajstić information content (AvgIpc) is 3.09. The van der Waals surface area contributed by atoms with Crippen LogP contribution in [0.3, 0.4) is 0 Å².